The smallest absolute Gasteiger partial charge is 0.362 e. The van der Waals surface area contributed by atoms with Crippen LogP contribution in [-0.2, 0) is 0 Å². The van der Waals surface area contributed by atoms with Crippen molar-refractivity contribution in [2.75, 3.05) is 0 Å². The van der Waals surface area contributed by atoms with E-state index in [0.717, 1.165) is 15.4 Å². The van der Waals surface area contributed by atoms with Crippen molar-refractivity contribution in [3.63, 3.8) is 0 Å². The topological polar surface area (TPSA) is 75.1 Å². The van der Waals surface area contributed by atoms with Gasteiger partial charge >= 0.3 is 5.69 Å². The van der Waals surface area contributed by atoms with Gasteiger partial charge in [0.05, 0.1) is 5.03 Å². The zero-order valence-electron chi connectivity index (χ0n) is 8.38. The van der Waals surface area contributed by atoms with Crippen LogP contribution in [0.1, 0.15) is 0 Å². The molecule has 7 heteroatoms. The van der Waals surface area contributed by atoms with Crippen LogP contribution in [0.4, 0.5) is 0 Å². The summed E-state index contributed by atoms with van der Waals surface area (Å²) < 4.78 is 0.936. The van der Waals surface area contributed by atoms with Gasteiger partial charge < -0.3 is 5.21 Å². The van der Waals surface area contributed by atoms with E-state index in [1.165, 1.54) is 11.8 Å². The number of nitrogens with one attached hydrogen (secondary N) is 1. The van der Waals surface area contributed by atoms with Gasteiger partial charge in [-0.05, 0) is 18.2 Å². The molecule has 0 spiro atoms. The van der Waals surface area contributed by atoms with Crippen molar-refractivity contribution >= 4 is 27.7 Å². The third-order valence-corrected chi connectivity index (χ3v) is 3.33. The first-order valence-corrected chi connectivity index (χ1v) is 6.16. The lowest BCUT2D eigenvalue weighted by Gasteiger charge is -2.02. The lowest BCUT2D eigenvalue weighted by Crippen LogP contribution is -2.32. The summed E-state index contributed by atoms with van der Waals surface area (Å²) in [6.45, 7) is 0. The average Bonchev–Trinajstić information content (AvgIpc) is 2.26. The highest BCUT2D eigenvalue weighted by atomic mass is 79.9. The molecular weight excluding hydrogens is 308 g/mol. The van der Waals surface area contributed by atoms with Crippen LogP contribution >= 0.6 is 27.7 Å². The molecule has 88 valence electrons. The van der Waals surface area contributed by atoms with Crippen LogP contribution in [0.3, 0.4) is 0 Å². The number of hydrogen-bond acceptors (Lipinski definition) is 4. The summed E-state index contributed by atoms with van der Waals surface area (Å²) in [6.07, 6.45) is 0. The second-order valence-electron chi connectivity index (χ2n) is 3.15. The van der Waals surface area contributed by atoms with E-state index < -0.39 is 11.2 Å². The number of aromatic nitrogens is 2. The fourth-order valence-corrected chi connectivity index (χ4v) is 2.62. The number of rotatable bonds is 2. The zero-order chi connectivity index (χ0) is 12.4. The predicted octanol–water partition coefficient (Wildman–Crippen LogP) is 1.69. The maximum absolute atomic E-state index is 11.2. The summed E-state index contributed by atoms with van der Waals surface area (Å²) in [4.78, 5) is 25.6. The van der Waals surface area contributed by atoms with Gasteiger partial charge in [-0.2, -0.15) is 0 Å². The number of H-pyrrole nitrogens is 1. The average molecular weight is 315 g/mol. The Hall–Kier alpha value is -1.47. The molecule has 2 aromatic rings. The van der Waals surface area contributed by atoms with Crippen LogP contribution < -0.4 is 11.2 Å². The fourth-order valence-electron chi connectivity index (χ4n) is 1.18. The highest BCUT2D eigenvalue weighted by Crippen LogP contribution is 2.26. The molecule has 0 saturated heterocycles. The summed E-state index contributed by atoms with van der Waals surface area (Å²) in [7, 11) is 0. The van der Waals surface area contributed by atoms with Crippen LogP contribution in [0.2, 0.25) is 0 Å². The van der Waals surface area contributed by atoms with E-state index in [1.54, 1.807) is 0 Å². The maximum Gasteiger partial charge on any atom is 0.362 e. The molecule has 0 radical (unpaired) electrons. The van der Waals surface area contributed by atoms with E-state index in [0.29, 0.717) is 5.03 Å². The number of nitrogens with zero attached hydrogens (tertiary/aromatic N) is 1. The van der Waals surface area contributed by atoms with Gasteiger partial charge in [0.1, 0.15) is 0 Å². The number of halogens is 1. The first-order chi connectivity index (χ1) is 8.06. The number of aromatic amines is 1. The Kier molecular flexibility index (Phi) is 3.39. The lowest BCUT2D eigenvalue weighted by molar-refractivity contribution is 0.159. The Morgan fingerprint density at radius 1 is 1.29 bits per heavy atom. The minimum Gasteiger partial charge on any atom is -0.421 e. The molecule has 0 fully saturated rings. The zero-order valence-corrected chi connectivity index (χ0v) is 10.8. The second-order valence-corrected chi connectivity index (χ2v) is 5.18. The molecule has 0 aliphatic rings. The standard InChI is InChI=1S/C10H7BrN2O3S/c11-6-2-1-3-7(4-6)17-8-5-9(14)13(16)10(15)12-8/h1-5,16H,(H,12,15). The van der Waals surface area contributed by atoms with Gasteiger partial charge in [-0.3, -0.25) is 9.78 Å². The van der Waals surface area contributed by atoms with Crippen LogP contribution in [-0.4, -0.2) is 14.9 Å². The van der Waals surface area contributed by atoms with Gasteiger partial charge in [0.25, 0.3) is 5.56 Å². The van der Waals surface area contributed by atoms with Gasteiger partial charge in [0.2, 0.25) is 0 Å². The van der Waals surface area contributed by atoms with Crippen molar-refractivity contribution in [3.8, 4) is 0 Å². The molecule has 2 rings (SSSR count). The molecule has 0 amide bonds. The van der Waals surface area contributed by atoms with Crippen LogP contribution in [0.25, 0.3) is 0 Å². The molecule has 0 atom stereocenters. The molecule has 2 N–H and O–H groups in total. The summed E-state index contributed by atoms with van der Waals surface area (Å²) in [5, 5.41) is 9.36. The number of hydrogen-bond donors (Lipinski definition) is 2. The predicted molar refractivity (Wildman–Crippen MR) is 66.8 cm³/mol. The monoisotopic (exact) mass is 314 g/mol. The Bertz CT molecular complexity index is 634. The molecule has 17 heavy (non-hydrogen) atoms. The fraction of sp³-hybridized carbons (Fsp3) is 0. The highest BCUT2D eigenvalue weighted by Gasteiger charge is 2.04. The molecule has 0 aliphatic carbocycles. The molecule has 1 aromatic carbocycles. The Balaban J connectivity index is 2.37. The van der Waals surface area contributed by atoms with Gasteiger partial charge in [-0.1, -0.05) is 38.5 Å². The van der Waals surface area contributed by atoms with Crippen molar-refractivity contribution in [2.24, 2.45) is 0 Å². The third kappa shape index (κ3) is 2.80. The lowest BCUT2D eigenvalue weighted by atomic mass is 10.4. The van der Waals surface area contributed by atoms with E-state index in [1.807, 2.05) is 24.3 Å². The van der Waals surface area contributed by atoms with Gasteiger partial charge in [0.15, 0.2) is 0 Å². The second kappa shape index (κ2) is 4.80. The molecule has 0 unspecified atom stereocenters. The van der Waals surface area contributed by atoms with Gasteiger partial charge in [-0.25, -0.2) is 4.79 Å². The quantitative estimate of drug-likeness (QED) is 0.653. The van der Waals surface area contributed by atoms with Crippen molar-refractivity contribution in [1.29, 1.82) is 0 Å². The molecule has 0 saturated carbocycles. The summed E-state index contributed by atoms with van der Waals surface area (Å²) in [5.41, 5.74) is -1.61. The summed E-state index contributed by atoms with van der Waals surface area (Å²) >= 11 is 4.55. The molecule has 1 heterocycles. The van der Waals surface area contributed by atoms with E-state index in [-0.39, 0.29) is 4.73 Å². The van der Waals surface area contributed by atoms with Crippen molar-refractivity contribution in [3.05, 3.63) is 55.6 Å². The molecular formula is C10H7BrN2O3S. The van der Waals surface area contributed by atoms with Crippen LogP contribution in [0.5, 0.6) is 0 Å². The largest absolute Gasteiger partial charge is 0.421 e. The first-order valence-electron chi connectivity index (χ1n) is 4.55. The Morgan fingerprint density at radius 3 is 2.71 bits per heavy atom. The normalized spacial score (nSPS) is 10.4. The van der Waals surface area contributed by atoms with E-state index in [2.05, 4.69) is 20.9 Å². The molecule has 1 aromatic heterocycles. The van der Waals surface area contributed by atoms with E-state index in [9.17, 15) is 9.59 Å². The van der Waals surface area contributed by atoms with Crippen molar-refractivity contribution in [2.45, 2.75) is 9.92 Å². The van der Waals surface area contributed by atoms with Crippen molar-refractivity contribution < 1.29 is 5.21 Å². The third-order valence-electron chi connectivity index (χ3n) is 1.91. The SMILES string of the molecule is O=c1cc(Sc2cccc(Br)c2)[nH]c(=O)n1O. The van der Waals surface area contributed by atoms with Crippen LogP contribution in [0, 0.1) is 0 Å². The van der Waals surface area contributed by atoms with E-state index >= 15 is 0 Å². The minimum atomic E-state index is -0.852. The number of benzene rings is 1. The Morgan fingerprint density at radius 2 is 2.06 bits per heavy atom. The summed E-state index contributed by atoms with van der Waals surface area (Å²) in [6, 6.07) is 8.58. The van der Waals surface area contributed by atoms with Crippen LogP contribution in [0.15, 0.2) is 54.3 Å². The van der Waals surface area contributed by atoms with Gasteiger partial charge in [-0.15, -0.1) is 0 Å². The first kappa shape index (κ1) is 12.0. The van der Waals surface area contributed by atoms with E-state index in [4.69, 9.17) is 5.21 Å². The Labute approximate surface area is 108 Å². The van der Waals surface area contributed by atoms with Gasteiger partial charge in [0, 0.05) is 15.4 Å². The maximum atomic E-state index is 11.2. The summed E-state index contributed by atoms with van der Waals surface area (Å²) in [5.74, 6) is 0. The van der Waals surface area contributed by atoms with Crippen molar-refractivity contribution in [1.82, 2.24) is 9.71 Å². The molecule has 0 aliphatic heterocycles. The molecule has 5 nitrogen and oxygen atoms in total. The highest BCUT2D eigenvalue weighted by molar-refractivity contribution is 9.10. The minimum absolute atomic E-state index is 0.0327. The molecule has 0 bridgehead atoms.